The highest BCUT2D eigenvalue weighted by molar-refractivity contribution is 5.81. The average molecular weight is 246 g/mol. The van der Waals surface area contributed by atoms with Crippen molar-refractivity contribution in [2.45, 2.75) is 39.7 Å². The number of aromatic nitrogens is 1. The molecule has 1 unspecified atom stereocenters. The van der Waals surface area contributed by atoms with E-state index in [2.05, 4.69) is 17.2 Å². The van der Waals surface area contributed by atoms with Crippen molar-refractivity contribution in [1.29, 1.82) is 0 Å². The summed E-state index contributed by atoms with van der Waals surface area (Å²) in [6.45, 7) is 5.87. The van der Waals surface area contributed by atoms with Gasteiger partial charge < -0.3 is 9.73 Å². The molecule has 2 rings (SSSR count). The van der Waals surface area contributed by atoms with Gasteiger partial charge in [0, 0.05) is 13.0 Å². The molecule has 0 aliphatic rings. The number of nitrogens with one attached hydrogen (secondary N) is 1. The second kappa shape index (κ2) is 5.21. The van der Waals surface area contributed by atoms with Crippen LogP contribution >= 0.6 is 0 Å². The lowest BCUT2D eigenvalue weighted by atomic mass is 10.1. The Hall–Kier alpha value is -1.84. The molecule has 0 fully saturated rings. The predicted molar refractivity (Wildman–Crippen MR) is 70.3 cm³/mol. The van der Waals surface area contributed by atoms with Crippen LogP contribution in [0.2, 0.25) is 0 Å². The van der Waals surface area contributed by atoms with Gasteiger partial charge in [0.15, 0.2) is 11.5 Å². The maximum atomic E-state index is 11.8. The van der Waals surface area contributed by atoms with E-state index in [4.69, 9.17) is 4.42 Å². The van der Waals surface area contributed by atoms with Crippen LogP contribution in [0.15, 0.2) is 22.6 Å². The van der Waals surface area contributed by atoms with Crippen molar-refractivity contribution in [1.82, 2.24) is 10.3 Å². The lowest BCUT2D eigenvalue weighted by molar-refractivity contribution is -0.121. The minimum Gasteiger partial charge on any atom is -0.441 e. The fourth-order valence-corrected chi connectivity index (χ4v) is 1.81. The van der Waals surface area contributed by atoms with Crippen molar-refractivity contribution < 1.29 is 9.21 Å². The van der Waals surface area contributed by atoms with E-state index in [1.54, 1.807) is 0 Å². The number of hydrogen-bond acceptors (Lipinski definition) is 3. The van der Waals surface area contributed by atoms with Gasteiger partial charge in [-0.15, -0.1) is 0 Å². The molecule has 2 aromatic rings. The summed E-state index contributed by atoms with van der Waals surface area (Å²) < 4.78 is 5.40. The fourth-order valence-electron chi connectivity index (χ4n) is 1.81. The third kappa shape index (κ3) is 2.88. The number of oxazole rings is 1. The smallest absolute Gasteiger partial charge is 0.224 e. The lowest BCUT2D eigenvalue weighted by Gasteiger charge is -2.11. The molecule has 1 N–H and O–H groups in total. The summed E-state index contributed by atoms with van der Waals surface area (Å²) in [5.41, 5.74) is 2.52. The molecule has 1 atom stereocenters. The highest BCUT2D eigenvalue weighted by Gasteiger charge is 2.08. The van der Waals surface area contributed by atoms with E-state index in [1.807, 2.05) is 32.0 Å². The first-order valence-electron chi connectivity index (χ1n) is 6.24. The van der Waals surface area contributed by atoms with Gasteiger partial charge in [0.1, 0.15) is 5.52 Å². The largest absolute Gasteiger partial charge is 0.441 e. The van der Waals surface area contributed by atoms with Crippen LogP contribution in [0.1, 0.15) is 31.7 Å². The van der Waals surface area contributed by atoms with Crippen molar-refractivity contribution in [2.75, 3.05) is 0 Å². The van der Waals surface area contributed by atoms with Crippen LogP contribution in [0.5, 0.6) is 0 Å². The molecule has 0 spiro atoms. The number of benzene rings is 1. The Bertz CT molecular complexity index is 560. The summed E-state index contributed by atoms with van der Waals surface area (Å²) in [5, 5.41) is 2.95. The van der Waals surface area contributed by atoms with Crippen molar-refractivity contribution in [3.63, 3.8) is 0 Å². The number of amides is 1. The quantitative estimate of drug-likeness (QED) is 0.902. The van der Waals surface area contributed by atoms with Gasteiger partial charge in [-0.25, -0.2) is 4.98 Å². The minimum absolute atomic E-state index is 0.0453. The fraction of sp³-hybridized carbons (Fsp3) is 0.429. The molecule has 1 aromatic heterocycles. The van der Waals surface area contributed by atoms with Crippen molar-refractivity contribution in [2.24, 2.45) is 0 Å². The van der Waals surface area contributed by atoms with Gasteiger partial charge >= 0.3 is 0 Å². The van der Waals surface area contributed by atoms with Gasteiger partial charge in [0.05, 0.1) is 6.42 Å². The van der Waals surface area contributed by atoms with Gasteiger partial charge in [0.25, 0.3) is 0 Å². The number of rotatable bonds is 4. The van der Waals surface area contributed by atoms with Crippen LogP contribution in [-0.4, -0.2) is 16.9 Å². The summed E-state index contributed by atoms with van der Waals surface area (Å²) in [6.07, 6.45) is 1.32. The molecule has 1 heterocycles. The Morgan fingerprint density at radius 3 is 3.00 bits per heavy atom. The van der Waals surface area contributed by atoms with Gasteiger partial charge in [-0.3, -0.25) is 4.79 Å². The molecule has 0 radical (unpaired) electrons. The summed E-state index contributed by atoms with van der Waals surface area (Å²) >= 11 is 0. The molecule has 4 nitrogen and oxygen atoms in total. The second-order valence-corrected chi connectivity index (χ2v) is 4.59. The molecule has 0 aliphatic carbocycles. The Labute approximate surface area is 106 Å². The molecular formula is C14H18N2O2. The van der Waals surface area contributed by atoms with Gasteiger partial charge in [-0.05, 0) is 31.0 Å². The molecule has 0 aliphatic heterocycles. The summed E-state index contributed by atoms with van der Waals surface area (Å²) in [6, 6.07) is 5.89. The van der Waals surface area contributed by atoms with Crippen LogP contribution in [0.25, 0.3) is 11.1 Å². The number of carbonyl (C=O) groups is 1. The molecule has 0 bridgehead atoms. The average Bonchev–Trinajstić information content (AvgIpc) is 2.68. The predicted octanol–water partition coefficient (Wildman–Crippen LogP) is 2.59. The molecular weight excluding hydrogens is 228 g/mol. The first kappa shape index (κ1) is 12.6. The summed E-state index contributed by atoms with van der Waals surface area (Å²) in [4.78, 5) is 16.0. The first-order chi connectivity index (χ1) is 8.58. The van der Waals surface area contributed by atoms with Crippen LogP contribution in [0, 0.1) is 6.92 Å². The number of nitrogens with zero attached hydrogens (tertiary/aromatic N) is 1. The first-order valence-corrected chi connectivity index (χ1v) is 6.24. The molecule has 1 aromatic carbocycles. The Morgan fingerprint density at radius 1 is 1.50 bits per heavy atom. The zero-order valence-corrected chi connectivity index (χ0v) is 11.0. The van der Waals surface area contributed by atoms with Gasteiger partial charge in [-0.2, -0.15) is 0 Å². The topological polar surface area (TPSA) is 55.1 Å². The van der Waals surface area contributed by atoms with E-state index >= 15 is 0 Å². The van der Waals surface area contributed by atoms with Crippen LogP contribution < -0.4 is 5.32 Å². The minimum atomic E-state index is 0.0453. The Kier molecular flexibility index (Phi) is 3.65. The highest BCUT2D eigenvalue weighted by Crippen LogP contribution is 2.17. The standard InChI is InChI=1S/C14H18N2O2/c1-4-9(2)15-14(17)8-11-5-6-13-12(7-11)16-10(3)18-13/h5-7,9H,4,8H2,1-3H3,(H,15,17). The zero-order chi connectivity index (χ0) is 13.1. The van der Waals surface area contributed by atoms with E-state index in [9.17, 15) is 4.79 Å². The van der Waals surface area contributed by atoms with Gasteiger partial charge in [-0.1, -0.05) is 13.0 Å². The van der Waals surface area contributed by atoms with E-state index < -0.39 is 0 Å². The molecule has 18 heavy (non-hydrogen) atoms. The normalized spacial score (nSPS) is 12.6. The molecule has 1 amide bonds. The zero-order valence-electron chi connectivity index (χ0n) is 11.0. The van der Waals surface area contributed by atoms with Gasteiger partial charge in [0.2, 0.25) is 5.91 Å². The maximum absolute atomic E-state index is 11.8. The Balaban J connectivity index is 2.09. The third-order valence-electron chi connectivity index (χ3n) is 2.94. The molecule has 0 saturated carbocycles. The lowest BCUT2D eigenvalue weighted by Crippen LogP contribution is -2.33. The highest BCUT2D eigenvalue weighted by atomic mass is 16.3. The van der Waals surface area contributed by atoms with Crippen molar-refractivity contribution >= 4 is 17.0 Å². The van der Waals surface area contributed by atoms with E-state index in [1.165, 1.54) is 0 Å². The maximum Gasteiger partial charge on any atom is 0.224 e. The summed E-state index contributed by atoms with van der Waals surface area (Å²) in [5.74, 6) is 0.690. The van der Waals surface area contributed by atoms with E-state index in [-0.39, 0.29) is 11.9 Å². The van der Waals surface area contributed by atoms with E-state index in [0.717, 1.165) is 23.1 Å². The van der Waals surface area contributed by atoms with Crippen molar-refractivity contribution in [3.8, 4) is 0 Å². The number of hydrogen-bond donors (Lipinski definition) is 1. The third-order valence-corrected chi connectivity index (χ3v) is 2.94. The summed E-state index contributed by atoms with van der Waals surface area (Å²) in [7, 11) is 0. The number of aryl methyl sites for hydroxylation is 1. The van der Waals surface area contributed by atoms with Crippen LogP contribution in [-0.2, 0) is 11.2 Å². The number of carbonyl (C=O) groups excluding carboxylic acids is 1. The monoisotopic (exact) mass is 246 g/mol. The van der Waals surface area contributed by atoms with Crippen LogP contribution in [0.4, 0.5) is 0 Å². The van der Waals surface area contributed by atoms with Crippen molar-refractivity contribution in [3.05, 3.63) is 29.7 Å². The molecule has 96 valence electrons. The van der Waals surface area contributed by atoms with Crippen LogP contribution in [0.3, 0.4) is 0 Å². The van der Waals surface area contributed by atoms with E-state index in [0.29, 0.717) is 12.3 Å². The Morgan fingerprint density at radius 2 is 2.28 bits per heavy atom. The second-order valence-electron chi connectivity index (χ2n) is 4.59. The molecule has 4 heteroatoms. The molecule has 0 saturated heterocycles. The number of fused-ring (bicyclic) bond motifs is 1. The SMILES string of the molecule is CCC(C)NC(=O)Cc1ccc2oc(C)nc2c1.